The first-order valence-corrected chi connectivity index (χ1v) is 10.2. The molecule has 0 spiro atoms. The number of aromatic amines is 2. The summed E-state index contributed by atoms with van der Waals surface area (Å²) >= 11 is 0. The van der Waals surface area contributed by atoms with Crippen LogP contribution in [0.5, 0.6) is 0 Å². The fourth-order valence-electron chi connectivity index (χ4n) is 4.74. The quantitative estimate of drug-likeness (QED) is 0.452. The van der Waals surface area contributed by atoms with Gasteiger partial charge >= 0.3 is 0 Å². The van der Waals surface area contributed by atoms with Gasteiger partial charge in [0.1, 0.15) is 5.69 Å². The van der Waals surface area contributed by atoms with E-state index >= 15 is 0 Å². The SMILES string of the molecule is O=C(c1ccccn1)N1CCc2c([nH]c3ccccc23)C1c1c[nH]c2ccccc12. The molecule has 1 aliphatic heterocycles. The molecule has 2 N–H and O–H groups in total. The molecule has 1 atom stereocenters. The number of carbonyl (C=O) groups is 1. The molecule has 0 radical (unpaired) electrons. The number of benzene rings is 2. The zero-order chi connectivity index (χ0) is 20.1. The minimum atomic E-state index is -0.202. The fourth-order valence-corrected chi connectivity index (χ4v) is 4.74. The Hall–Kier alpha value is -3.86. The lowest BCUT2D eigenvalue weighted by Gasteiger charge is -2.35. The molecule has 3 aromatic heterocycles. The highest BCUT2D eigenvalue weighted by molar-refractivity contribution is 5.95. The molecule has 6 rings (SSSR count). The third kappa shape index (κ3) is 2.48. The molecule has 0 aliphatic carbocycles. The average Bonchev–Trinajstić information content (AvgIpc) is 3.40. The molecule has 5 nitrogen and oxygen atoms in total. The number of fused-ring (bicyclic) bond motifs is 4. The van der Waals surface area contributed by atoms with Crippen molar-refractivity contribution in [2.75, 3.05) is 6.54 Å². The average molecular weight is 392 g/mol. The molecule has 4 heterocycles. The molecule has 5 aromatic rings. The standard InChI is InChI=1S/C25H20N4O/c30-25(22-11-5-6-13-26-22)29-14-12-18-16-7-2-4-10-21(16)28-23(18)24(29)19-15-27-20-9-3-1-8-17(19)20/h1-11,13,15,24,27-28H,12,14H2. The van der Waals surface area contributed by atoms with Gasteiger partial charge in [-0.3, -0.25) is 9.78 Å². The number of nitrogens with zero attached hydrogens (tertiary/aromatic N) is 2. The van der Waals surface area contributed by atoms with Crippen molar-refractivity contribution in [3.05, 3.63) is 102 Å². The summed E-state index contributed by atoms with van der Waals surface area (Å²) in [4.78, 5) is 26.8. The Labute approximate surface area is 173 Å². The molecule has 1 amide bonds. The van der Waals surface area contributed by atoms with Crippen LogP contribution in [0, 0.1) is 0 Å². The van der Waals surface area contributed by atoms with Crippen molar-refractivity contribution in [3.63, 3.8) is 0 Å². The molecular weight excluding hydrogens is 372 g/mol. The van der Waals surface area contributed by atoms with Gasteiger partial charge in [0.05, 0.1) is 6.04 Å². The first-order chi connectivity index (χ1) is 14.8. The zero-order valence-corrected chi connectivity index (χ0v) is 16.3. The lowest BCUT2D eigenvalue weighted by molar-refractivity contribution is 0.0687. The van der Waals surface area contributed by atoms with E-state index in [-0.39, 0.29) is 11.9 Å². The minimum Gasteiger partial charge on any atom is -0.361 e. The Balaban J connectivity index is 1.58. The third-order valence-corrected chi connectivity index (χ3v) is 6.10. The highest BCUT2D eigenvalue weighted by atomic mass is 16.2. The summed E-state index contributed by atoms with van der Waals surface area (Å²) in [5, 5.41) is 2.37. The minimum absolute atomic E-state index is 0.0461. The maximum Gasteiger partial charge on any atom is 0.273 e. The van der Waals surface area contributed by atoms with E-state index in [1.54, 1.807) is 12.3 Å². The number of pyridine rings is 1. The van der Waals surface area contributed by atoms with Crippen LogP contribution in [-0.4, -0.2) is 32.3 Å². The van der Waals surface area contributed by atoms with E-state index in [1.165, 1.54) is 10.9 Å². The first kappa shape index (κ1) is 17.0. The number of rotatable bonds is 2. The summed E-state index contributed by atoms with van der Waals surface area (Å²) in [5.74, 6) is -0.0461. The van der Waals surface area contributed by atoms with Gasteiger partial charge in [-0.2, -0.15) is 0 Å². The molecule has 0 bridgehead atoms. The number of para-hydroxylation sites is 2. The van der Waals surface area contributed by atoms with Gasteiger partial charge in [0, 0.05) is 52.0 Å². The monoisotopic (exact) mass is 392 g/mol. The van der Waals surface area contributed by atoms with Gasteiger partial charge in [-0.05, 0) is 36.2 Å². The van der Waals surface area contributed by atoms with E-state index in [1.807, 2.05) is 41.4 Å². The van der Waals surface area contributed by atoms with E-state index in [2.05, 4.69) is 45.3 Å². The van der Waals surface area contributed by atoms with Crippen molar-refractivity contribution < 1.29 is 4.79 Å². The summed E-state index contributed by atoms with van der Waals surface area (Å²) in [7, 11) is 0. The molecule has 0 saturated heterocycles. The maximum atomic E-state index is 13.5. The van der Waals surface area contributed by atoms with Crippen LogP contribution in [0.4, 0.5) is 0 Å². The Kier molecular flexibility index (Phi) is 3.74. The number of carbonyl (C=O) groups excluding carboxylic acids is 1. The highest BCUT2D eigenvalue weighted by Crippen LogP contribution is 2.41. The second-order valence-corrected chi connectivity index (χ2v) is 7.72. The van der Waals surface area contributed by atoms with Crippen molar-refractivity contribution in [3.8, 4) is 0 Å². The maximum absolute atomic E-state index is 13.5. The van der Waals surface area contributed by atoms with Crippen LogP contribution in [0.25, 0.3) is 21.8 Å². The Morgan fingerprint density at radius 1 is 0.933 bits per heavy atom. The van der Waals surface area contributed by atoms with Gasteiger partial charge in [-0.25, -0.2) is 0 Å². The molecule has 1 aliphatic rings. The normalized spacial score (nSPS) is 16.1. The predicted molar refractivity (Wildman–Crippen MR) is 117 cm³/mol. The smallest absolute Gasteiger partial charge is 0.273 e. The van der Waals surface area contributed by atoms with Gasteiger partial charge in [0.2, 0.25) is 0 Å². The second-order valence-electron chi connectivity index (χ2n) is 7.72. The zero-order valence-electron chi connectivity index (χ0n) is 16.3. The summed E-state index contributed by atoms with van der Waals surface area (Å²) in [6.07, 6.45) is 4.53. The van der Waals surface area contributed by atoms with Crippen LogP contribution < -0.4 is 0 Å². The van der Waals surface area contributed by atoms with Crippen molar-refractivity contribution in [2.24, 2.45) is 0 Å². The summed E-state index contributed by atoms with van der Waals surface area (Å²) in [6.45, 7) is 0.647. The van der Waals surface area contributed by atoms with Gasteiger partial charge in [-0.15, -0.1) is 0 Å². The molecule has 146 valence electrons. The van der Waals surface area contributed by atoms with Crippen molar-refractivity contribution >= 4 is 27.7 Å². The number of hydrogen-bond acceptors (Lipinski definition) is 2. The Morgan fingerprint density at radius 3 is 2.53 bits per heavy atom. The van der Waals surface area contributed by atoms with Crippen molar-refractivity contribution in [2.45, 2.75) is 12.5 Å². The third-order valence-electron chi connectivity index (χ3n) is 6.10. The largest absolute Gasteiger partial charge is 0.361 e. The molecule has 2 aromatic carbocycles. The number of nitrogens with one attached hydrogen (secondary N) is 2. The van der Waals surface area contributed by atoms with Gasteiger partial charge < -0.3 is 14.9 Å². The fraction of sp³-hybridized carbons (Fsp3) is 0.120. The van der Waals surface area contributed by atoms with Crippen LogP contribution in [0.2, 0.25) is 0 Å². The molecule has 30 heavy (non-hydrogen) atoms. The van der Waals surface area contributed by atoms with E-state index in [0.29, 0.717) is 12.2 Å². The molecule has 0 saturated carbocycles. The van der Waals surface area contributed by atoms with Gasteiger partial charge in [-0.1, -0.05) is 42.5 Å². The lowest BCUT2D eigenvalue weighted by atomic mass is 9.91. The van der Waals surface area contributed by atoms with Crippen LogP contribution in [0.15, 0.2) is 79.1 Å². The number of hydrogen-bond donors (Lipinski definition) is 2. The number of amides is 1. The summed E-state index contributed by atoms with van der Waals surface area (Å²) in [5.41, 5.74) is 6.15. The van der Waals surface area contributed by atoms with E-state index in [9.17, 15) is 4.79 Å². The highest BCUT2D eigenvalue weighted by Gasteiger charge is 2.36. The Morgan fingerprint density at radius 2 is 1.70 bits per heavy atom. The topological polar surface area (TPSA) is 64.8 Å². The molecule has 5 heteroatoms. The summed E-state index contributed by atoms with van der Waals surface area (Å²) in [6, 6.07) is 21.9. The molecule has 1 unspecified atom stereocenters. The van der Waals surface area contributed by atoms with Gasteiger partial charge in [0.15, 0.2) is 0 Å². The van der Waals surface area contributed by atoms with E-state index in [0.717, 1.165) is 34.1 Å². The Bertz CT molecular complexity index is 1380. The van der Waals surface area contributed by atoms with E-state index < -0.39 is 0 Å². The number of aromatic nitrogens is 3. The lowest BCUT2D eigenvalue weighted by Crippen LogP contribution is -2.40. The number of H-pyrrole nitrogens is 2. The van der Waals surface area contributed by atoms with Crippen LogP contribution >= 0.6 is 0 Å². The summed E-state index contributed by atoms with van der Waals surface area (Å²) < 4.78 is 0. The molecule has 0 fully saturated rings. The van der Waals surface area contributed by atoms with Crippen LogP contribution in [0.1, 0.15) is 33.4 Å². The predicted octanol–water partition coefficient (Wildman–Crippen LogP) is 4.83. The van der Waals surface area contributed by atoms with Crippen LogP contribution in [0.3, 0.4) is 0 Å². The molecular formula is C25H20N4O. The second kappa shape index (κ2) is 6.59. The van der Waals surface area contributed by atoms with Crippen molar-refractivity contribution in [1.82, 2.24) is 19.9 Å². The van der Waals surface area contributed by atoms with Crippen LogP contribution in [-0.2, 0) is 6.42 Å². The van der Waals surface area contributed by atoms with E-state index in [4.69, 9.17) is 0 Å². The first-order valence-electron chi connectivity index (χ1n) is 10.2. The van der Waals surface area contributed by atoms with Gasteiger partial charge in [0.25, 0.3) is 5.91 Å². The van der Waals surface area contributed by atoms with Crippen molar-refractivity contribution in [1.29, 1.82) is 0 Å².